The first kappa shape index (κ1) is 22.4. The molecule has 1 saturated carbocycles. The number of rotatable bonds is 8. The van der Waals surface area contributed by atoms with Crippen molar-refractivity contribution in [3.05, 3.63) is 54.1 Å². The van der Waals surface area contributed by atoms with Gasteiger partial charge in [-0.1, -0.05) is 18.9 Å². The summed E-state index contributed by atoms with van der Waals surface area (Å²) >= 11 is 0. The van der Waals surface area contributed by atoms with Crippen LogP contribution in [0.2, 0.25) is 0 Å². The molecule has 8 heteroatoms. The number of nitrogens with zero attached hydrogens (tertiary/aromatic N) is 1. The van der Waals surface area contributed by atoms with E-state index in [0.29, 0.717) is 40.5 Å². The largest absolute Gasteiger partial charge is 0.493 e. The van der Waals surface area contributed by atoms with Gasteiger partial charge in [0.25, 0.3) is 0 Å². The highest BCUT2D eigenvalue weighted by atomic mass is 32.2. The van der Waals surface area contributed by atoms with E-state index in [1.807, 2.05) is 6.07 Å². The zero-order valence-electron chi connectivity index (χ0n) is 17.2. The molecule has 0 bridgehead atoms. The standard InChI is InChI=1S/C23H24N2O5S/c1-29-22-16-17(6-12-21(22)30-15-14-24)7-13-23(26)25-18-8-10-20(11-9-18)31(27,28)19-4-2-3-5-19/h6-13,16,19H,2-5,15H2,1H3,(H,25,26)/b13-7+. The molecule has 0 unspecified atom stereocenters. The molecular formula is C23H24N2O5S. The van der Waals surface area contributed by atoms with Gasteiger partial charge < -0.3 is 14.8 Å². The molecule has 3 rings (SSSR count). The van der Waals surface area contributed by atoms with Crippen molar-refractivity contribution in [1.29, 1.82) is 5.26 Å². The smallest absolute Gasteiger partial charge is 0.248 e. The molecule has 2 aromatic carbocycles. The quantitative estimate of drug-likeness (QED) is 0.623. The van der Waals surface area contributed by atoms with Crippen molar-refractivity contribution < 1.29 is 22.7 Å². The zero-order chi connectivity index (χ0) is 22.3. The lowest BCUT2D eigenvalue weighted by molar-refractivity contribution is -0.111. The first-order valence-electron chi connectivity index (χ1n) is 9.95. The molecule has 2 aromatic rings. The molecule has 0 aromatic heterocycles. The number of hydrogen-bond donors (Lipinski definition) is 1. The molecule has 0 spiro atoms. The van der Waals surface area contributed by atoms with Crippen molar-refractivity contribution in [2.24, 2.45) is 0 Å². The number of hydrogen-bond acceptors (Lipinski definition) is 6. The Kier molecular flexibility index (Phi) is 7.32. The SMILES string of the molecule is COc1cc(/C=C/C(=O)Nc2ccc(S(=O)(=O)C3CCCC3)cc2)ccc1OCC#N. The molecule has 0 atom stereocenters. The van der Waals surface area contributed by atoms with E-state index in [-0.39, 0.29) is 17.8 Å². The first-order chi connectivity index (χ1) is 14.9. The zero-order valence-corrected chi connectivity index (χ0v) is 18.0. The van der Waals surface area contributed by atoms with Crippen LogP contribution >= 0.6 is 0 Å². The van der Waals surface area contributed by atoms with E-state index >= 15 is 0 Å². The van der Waals surface area contributed by atoms with E-state index in [2.05, 4.69) is 5.32 Å². The van der Waals surface area contributed by atoms with Crippen LogP contribution in [0.1, 0.15) is 31.2 Å². The van der Waals surface area contributed by atoms with Crippen LogP contribution in [0.25, 0.3) is 6.08 Å². The van der Waals surface area contributed by atoms with E-state index in [0.717, 1.165) is 12.8 Å². The Morgan fingerprint density at radius 2 is 1.87 bits per heavy atom. The maximum absolute atomic E-state index is 12.6. The fourth-order valence-corrected chi connectivity index (χ4v) is 5.35. The van der Waals surface area contributed by atoms with Gasteiger partial charge in [-0.05, 0) is 60.9 Å². The number of anilines is 1. The summed E-state index contributed by atoms with van der Waals surface area (Å²) in [5.41, 5.74) is 1.23. The van der Waals surface area contributed by atoms with Gasteiger partial charge in [0.1, 0.15) is 6.07 Å². The van der Waals surface area contributed by atoms with Crippen LogP contribution in [0.5, 0.6) is 11.5 Å². The third-order valence-corrected chi connectivity index (χ3v) is 7.38. The average molecular weight is 441 g/mol. The van der Waals surface area contributed by atoms with E-state index in [9.17, 15) is 13.2 Å². The summed E-state index contributed by atoms with van der Waals surface area (Å²) in [6.45, 7) is -0.0886. The summed E-state index contributed by atoms with van der Waals surface area (Å²) in [6, 6.07) is 13.3. The van der Waals surface area contributed by atoms with Crippen LogP contribution in [-0.2, 0) is 14.6 Å². The maximum atomic E-state index is 12.6. The number of amides is 1. The van der Waals surface area contributed by atoms with E-state index in [1.54, 1.807) is 36.4 Å². The Bertz CT molecular complexity index is 1100. The second-order valence-electron chi connectivity index (χ2n) is 7.16. The Balaban J connectivity index is 1.63. The summed E-state index contributed by atoms with van der Waals surface area (Å²) in [7, 11) is -1.82. The predicted octanol–water partition coefficient (Wildman–Crippen LogP) is 3.97. The summed E-state index contributed by atoms with van der Waals surface area (Å²) in [5, 5.41) is 11.0. The van der Waals surface area contributed by atoms with Crippen molar-refractivity contribution >= 4 is 27.5 Å². The fraction of sp³-hybridized carbons (Fsp3) is 0.304. The van der Waals surface area contributed by atoms with Gasteiger partial charge in [-0.25, -0.2) is 8.42 Å². The van der Waals surface area contributed by atoms with E-state index in [1.165, 1.54) is 25.3 Å². The Morgan fingerprint density at radius 3 is 2.52 bits per heavy atom. The van der Waals surface area contributed by atoms with Crippen LogP contribution in [0.3, 0.4) is 0 Å². The lowest BCUT2D eigenvalue weighted by Gasteiger charge is -2.11. The molecule has 1 fully saturated rings. The summed E-state index contributed by atoms with van der Waals surface area (Å²) in [5.74, 6) is 0.547. The van der Waals surface area contributed by atoms with Crippen molar-refractivity contribution in [1.82, 2.24) is 0 Å². The highest BCUT2D eigenvalue weighted by Gasteiger charge is 2.30. The molecule has 0 aliphatic heterocycles. The number of carbonyl (C=O) groups is 1. The Hall–Kier alpha value is -3.31. The Morgan fingerprint density at radius 1 is 1.16 bits per heavy atom. The lowest BCUT2D eigenvalue weighted by atomic mass is 10.2. The number of nitrogens with one attached hydrogen (secondary N) is 1. The topological polar surface area (TPSA) is 105 Å². The minimum absolute atomic E-state index is 0.0886. The van der Waals surface area contributed by atoms with Gasteiger partial charge in [-0.15, -0.1) is 0 Å². The van der Waals surface area contributed by atoms with E-state index < -0.39 is 9.84 Å². The highest BCUT2D eigenvalue weighted by Crippen LogP contribution is 2.30. The monoisotopic (exact) mass is 440 g/mol. The van der Waals surface area contributed by atoms with Crippen molar-refractivity contribution in [2.75, 3.05) is 19.0 Å². The molecule has 0 heterocycles. The number of benzene rings is 2. The third kappa shape index (κ3) is 5.64. The highest BCUT2D eigenvalue weighted by molar-refractivity contribution is 7.92. The van der Waals surface area contributed by atoms with E-state index in [4.69, 9.17) is 14.7 Å². The molecule has 1 aliphatic carbocycles. The fourth-order valence-electron chi connectivity index (χ4n) is 3.49. The maximum Gasteiger partial charge on any atom is 0.248 e. The predicted molar refractivity (Wildman–Crippen MR) is 118 cm³/mol. The van der Waals surface area contributed by atoms with Gasteiger partial charge in [-0.3, -0.25) is 4.79 Å². The molecule has 0 radical (unpaired) electrons. The van der Waals surface area contributed by atoms with Crippen LogP contribution in [-0.4, -0.2) is 33.3 Å². The molecule has 162 valence electrons. The van der Waals surface area contributed by atoms with Crippen LogP contribution in [0.4, 0.5) is 5.69 Å². The van der Waals surface area contributed by atoms with Crippen molar-refractivity contribution in [2.45, 2.75) is 35.8 Å². The lowest BCUT2D eigenvalue weighted by Crippen LogP contribution is -2.17. The normalized spacial score (nSPS) is 14.3. The second kappa shape index (κ2) is 10.1. The minimum atomic E-state index is -3.31. The molecule has 1 aliphatic rings. The van der Waals surface area contributed by atoms with Gasteiger partial charge in [-0.2, -0.15) is 5.26 Å². The number of ether oxygens (including phenoxy) is 2. The molecular weight excluding hydrogens is 416 g/mol. The minimum Gasteiger partial charge on any atom is -0.493 e. The summed E-state index contributed by atoms with van der Waals surface area (Å²) < 4.78 is 35.8. The average Bonchev–Trinajstić information content (AvgIpc) is 3.33. The van der Waals surface area contributed by atoms with Gasteiger partial charge in [0.2, 0.25) is 5.91 Å². The first-order valence-corrected chi connectivity index (χ1v) is 11.5. The molecule has 1 amide bonds. The van der Waals surface area contributed by atoms with Crippen molar-refractivity contribution in [3.63, 3.8) is 0 Å². The molecule has 31 heavy (non-hydrogen) atoms. The van der Waals surface area contributed by atoms with Gasteiger partial charge in [0, 0.05) is 11.8 Å². The van der Waals surface area contributed by atoms with Crippen LogP contribution in [0, 0.1) is 11.3 Å². The molecule has 1 N–H and O–H groups in total. The molecule has 0 saturated heterocycles. The van der Waals surface area contributed by atoms with Gasteiger partial charge in [0.05, 0.1) is 17.3 Å². The van der Waals surface area contributed by atoms with Gasteiger partial charge in [0.15, 0.2) is 27.9 Å². The Labute approximate surface area is 182 Å². The van der Waals surface area contributed by atoms with Crippen LogP contribution < -0.4 is 14.8 Å². The third-order valence-electron chi connectivity index (χ3n) is 5.10. The van der Waals surface area contributed by atoms with Gasteiger partial charge >= 0.3 is 0 Å². The molecule has 7 nitrogen and oxygen atoms in total. The summed E-state index contributed by atoms with van der Waals surface area (Å²) in [6.07, 6.45) is 6.31. The number of methoxy groups -OCH3 is 1. The number of carbonyl (C=O) groups excluding carboxylic acids is 1. The van der Waals surface area contributed by atoms with Crippen molar-refractivity contribution in [3.8, 4) is 17.6 Å². The second-order valence-corrected chi connectivity index (χ2v) is 9.38. The van der Waals surface area contributed by atoms with Crippen LogP contribution in [0.15, 0.2) is 53.4 Å². The number of sulfone groups is 1. The summed E-state index contributed by atoms with van der Waals surface area (Å²) in [4.78, 5) is 12.5. The number of nitriles is 1.